The number of aliphatic hydroxyl groups is 2. The van der Waals surface area contributed by atoms with Crippen LogP contribution in [0.15, 0.2) is 146 Å². The van der Waals surface area contributed by atoms with E-state index in [1.54, 1.807) is 121 Å². The summed E-state index contributed by atoms with van der Waals surface area (Å²) in [5.41, 5.74) is 6.54. The average molecular weight is 899 g/mol. The van der Waals surface area contributed by atoms with Crippen molar-refractivity contribution < 1.29 is 73.4 Å². The van der Waals surface area contributed by atoms with E-state index >= 15 is 0 Å². The van der Waals surface area contributed by atoms with Crippen molar-refractivity contribution in [1.29, 1.82) is 0 Å². The van der Waals surface area contributed by atoms with Crippen molar-refractivity contribution >= 4 is 17.9 Å². The van der Waals surface area contributed by atoms with Crippen molar-refractivity contribution in [2.24, 2.45) is 0 Å². The number of aromatic hydroxyl groups is 3. The van der Waals surface area contributed by atoms with Crippen LogP contribution in [0.25, 0.3) is 33.4 Å². The van der Waals surface area contributed by atoms with E-state index in [1.807, 2.05) is 24.3 Å². The van der Waals surface area contributed by atoms with E-state index in [9.17, 15) is 24.6 Å². The van der Waals surface area contributed by atoms with Gasteiger partial charge in [-0.3, -0.25) is 0 Å². The predicted molar refractivity (Wildman–Crippen MR) is 237 cm³/mol. The number of hydrogen-bond acceptors (Lipinski definition) is 14. The first-order valence-corrected chi connectivity index (χ1v) is 21.1. The van der Waals surface area contributed by atoms with Gasteiger partial charge in [0.05, 0.1) is 43.1 Å². The monoisotopic (exact) mass is 898 g/mol. The fraction of sp³-hybridized carbons (Fsp3) is 0.235. The lowest BCUT2D eigenvalue weighted by molar-refractivity contribution is -0.0287. The summed E-state index contributed by atoms with van der Waals surface area (Å²) in [6.45, 7) is 0.850. The summed E-state index contributed by atoms with van der Waals surface area (Å²) >= 11 is 0. The molecule has 6 aromatic rings. The maximum absolute atomic E-state index is 12.8. The Kier molecular flexibility index (Phi) is 14.0. The molecule has 0 saturated carbocycles. The third-order valence-electron chi connectivity index (χ3n) is 11.5. The van der Waals surface area contributed by atoms with Gasteiger partial charge < -0.3 is 59.1 Å². The van der Waals surface area contributed by atoms with Crippen LogP contribution in [0.3, 0.4) is 0 Å². The second kappa shape index (κ2) is 20.4. The number of phenols is 3. The Hall–Kier alpha value is -7.11. The van der Waals surface area contributed by atoms with Crippen LogP contribution in [0.5, 0.6) is 17.2 Å². The lowest BCUT2D eigenvalue weighted by atomic mass is 10.0. The zero-order valence-electron chi connectivity index (χ0n) is 35.2. The van der Waals surface area contributed by atoms with Gasteiger partial charge in [0, 0.05) is 0 Å². The fourth-order valence-corrected chi connectivity index (χ4v) is 7.87. The highest BCUT2D eigenvalue weighted by Gasteiger charge is 2.51. The Morgan fingerprint density at radius 1 is 0.379 bits per heavy atom. The molecule has 4 heterocycles. The van der Waals surface area contributed by atoms with Crippen LogP contribution in [-0.4, -0.2) is 124 Å². The van der Waals surface area contributed by atoms with Crippen molar-refractivity contribution in [1.82, 2.24) is 0 Å². The molecule has 15 heteroatoms. The number of carbonyl (C=O) groups excluding carboxylic acids is 2. The molecule has 4 fully saturated rings. The van der Waals surface area contributed by atoms with Crippen LogP contribution in [0.2, 0.25) is 0 Å². The van der Waals surface area contributed by atoms with Gasteiger partial charge in [0.15, 0.2) is 12.2 Å². The number of carbonyl (C=O) groups is 3. The van der Waals surface area contributed by atoms with Gasteiger partial charge in [-0.05, 0) is 106 Å². The quantitative estimate of drug-likeness (QED) is 0.0929. The summed E-state index contributed by atoms with van der Waals surface area (Å²) in [6.07, 6.45) is -4.01. The van der Waals surface area contributed by atoms with E-state index in [0.29, 0.717) is 11.1 Å². The lowest BCUT2D eigenvalue weighted by Crippen LogP contribution is -2.36. The van der Waals surface area contributed by atoms with E-state index in [0.717, 1.165) is 33.4 Å². The molecule has 6 N–H and O–H groups in total. The molecule has 4 unspecified atom stereocenters. The Balaban J connectivity index is 0.000000184. The van der Waals surface area contributed by atoms with Crippen LogP contribution < -0.4 is 0 Å². The molecule has 340 valence electrons. The van der Waals surface area contributed by atoms with E-state index < -0.39 is 54.5 Å². The number of ether oxygens (including phenoxy) is 6. The number of carboxylic acids is 1. The number of phenolic OH excluding ortho intramolecular Hbond substituents is 3. The topological polar surface area (TPSA) is 228 Å². The molecule has 6 aromatic carbocycles. The van der Waals surface area contributed by atoms with Gasteiger partial charge in [0.1, 0.15) is 53.9 Å². The Morgan fingerprint density at radius 3 is 0.924 bits per heavy atom. The predicted octanol–water partition coefficient (Wildman–Crippen LogP) is 6.24. The van der Waals surface area contributed by atoms with Gasteiger partial charge in [0.25, 0.3) is 0 Å². The van der Waals surface area contributed by atoms with Gasteiger partial charge in [-0.2, -0.15) is 0 Å². The summed E-state index contributed by atoms with van der Waals surface area (Å²) in [6, 6.07) is 41.0. The van der Waals surface area contributed by atoms with Crippen molar-refractivity contribution in [2.75, 3.05) is 26.4 Å². The minimum atomic E-state index is -0.933. The number of aliphatic hydroxyl groups excluding tert-OH is 2. The maximum atomic E-state index is 12.8. The summed E-state index contributed by atoms with van der Waals surface area (Å²) < 4.78 is 33.2. The summed E-state index contributed by atoms with van der Waals surface area (Å²) in [5, 5.41) is 55.1. The second-order valence-corrected chi connectivity index (χ2v) is 15.9. The molecule has 0 radical (unpaired) electrons. The number of aromatic carboxylic acids is 1. The Labute approximate surface area is 378 Å². The first-order chi connectivity index (χ1) is 31.9. The SMILES string of the molecule is O=C(O)c1ccc(-c2ccc(O)cc2)cc1.O=C(O[C@H]1COC2C1OC[C@H]2OC(=O)c1ccc(-c2ccc(O)cc2)cc1)c1ccc(-c2ccc(O)cc2)cc1.O[C@@H]1COC2C1OC[C@@H]2O. The molecule has 0 aliphatic carbocycles. The van der Waals surface area contributed by atoms with Gasteiger partial charge in [-0.1, -0.05) is 72.8 Å². The van der Waals surface area contributed by atoms with Crippen molar-refractivity contribution in [3.05, 3.63) is 162 Å². The smallest absolute Gasteiger partial charge is 0.338 e. The van der Waals surface area contributed by atoms with Crippen molar-refractivity contribution in [2.45, 2.75) is 48.8 Å². The number of carboxylic acid groups (broad SMARTS) is 1. The van der Waals surface area contributed by atoms with Crippen molar-refractivity contribution in [3.8, 4) is 50.6 Å². The minimum absolute atomic E-state index is 0.141. The summed E-state index contributed by atoms with van der Waals surface area (Å²) in [4.78, 5) is 36.3. The molecular formula is C51H46O15. The maximum Gasteiger partial charge on any atom is 0.338 e. The average Bonchev–Trinajstić information content (AvgIpc) is 4.13. The van der Waals surface area contributed by atoms with Crippen LogP contribution >= 0.6 is 0 Å². The summed E-state index contributed by atoms with van der Waals surface area (Å²) in [7, 11) is 0. The second-order valence-electron chi connectivity index (χ2n) is 15.9. The van der Waals surface area contributed by atoms with Gasteiger partial charge in [-0.15, -0.1) is 0 Å². The van der Waals surface area contributed by atoms with E-state index in [4.69, 9.17) is 48.8 Å². The summed E-state index contributed by atoms with van der Waals surface area (Å²) in [5.74, 6) is -1.34. The van der Waals surface area contributed by atoms with E-state index in [-0.39, 0.29) is 61.4 Å². The van der Waals surface area contributed by atoms with Crippen molar-refractivity contribution in [3.63, 3.8) is 0 Å². The van der Waals surface area contributed by atoms with Crippen LogP contribution in [0.1, 0.15) is 31.1 Å². The van der Waals surface area contributed by atoms with Gasteiger partial charge in [-0.25, -0.2) is 14.4 Å². The van der Waals surface area contributed by atoms with Gasteiger partial charge >= 0.3 is 17.9 Å². The highest BCUT2D eigenvalue weighted by molar-refractivity contribution is 5.91. The molecule has 4 saturated heterocycles. The molecule has 0 amide bonds. The van der Waals surface area contributed by atoms with Gasteiger partial charge in [0.2, 0.25) is 0 Å². The third kappa shape index (κ3) is 10.7. The van der Waals surface area contributed by atoms with Crippen LogP contribution in [0, 0.1) is 0 Å². The standard InChI is InChI=1S/C32H26O8.C13H10O3.C6H10O4/c33-25-13-9-21(10-14-25)19-1-5-23(6-2-19)31(35)39-27-17-37-30-28(18-38-29(27)30)40-32(36)24-7-3-20(4-8-24)22-11-15-26(34)16-12-22;14-12-7-5-10(6-8-12)9-1-3-11(4-2-9)13(15)16;7-3-1-9-6-4(8)2-10-5(3)6/h1-16,27-30,33-34H,17-18H2;1-8,14H,(H,15,16);3-8H,1-2H2/t27-,28+,29?,30?;;3-,4+,5?,6?. The molecule has 4 aliphatic rings. The van der Waals surface area contributed by atoms with E-state index in [2.05, 4.69) is 0 Å². The largest absolute Gasteiger partial charge is 0.508 e. The Morgan fingerprint density at radius 2 is 0.636 bits per heavy atom. The number of hydrogen-bond donors (Lipinski definition) is 6. The number of benzene rings is 6. The zero-order chi connectivity index (χ0) is 46.3. The molecule has 0 spiro atoms. The number of fused-ring (bicyclic) bond motifs is 2. The minimum Gasteiger partial charge on any atom is -0.508 e. The fourth-order valence-electron chi connectivity index (χ4n) is 7.87. The Bertz CT molecular complexity index is 2450. The molecule has 66 heavy (non-hydrogen) atoms. The first kappa shape index (κ1) is 45.5. The number of rotatable bonds is 8. The molecule has 15 nitrogen and oxygen atoms in total. The van der Waals surface area contributed by atoms with Crippen LogP contribution in [0.4, 0.5) is 0 Å². The molecule has 8 atom stereocenters. The zero-order valence-corrected chi connectivity index (χ0v) is 35.2. The molecule has 4 aliphatic heterocycles. The highest BCUT2D eigenvalue weighted by Crippen LogP contribution is 2.33. The van der Waals surface area contributed by atoms with E-state index in [1.165, 1.54) is 0 Å². The third-order valence-corrected chi connectivity index (χ3v) is 11.5. The molecule has 10 rings (SSSR count). The lowest BCUT2D eigenvalue weighted by Gasteiger charge is -2.17. The molecule has 0 aromatic heterocycles. The normalized spacial score (nSPS) is 23.5. The highest BCUT2D eigenvalue weighted by atomic mass is 16.7. The molecular weight excluding hydrogens is 853 g/mol. The molecule has 0 bridgehead atoms. The van der Waals surface area contributed by atoms with Crippen LogP contribution in [-0.2, 0) is 28.4 Å². The number of esters is 2. The first-order valence-electron chi connectivity index (χ1n) is 21.1.